The molecule has 0 aliphatic carbocycles. The Morgan fingerprint density at radius 3 is 2.58 bits per heavy atom. The third-order valence-corrected chi connectivity index (χ3v) is 3.65. The van der Waals surface area contributed by atoms with Crippen molar-refractivity contribution in [1.82, 2.24) is 15.6 Å². The van der Waals surface area contributed by atoms with Crippen LogP contribution in [0, 0.1) is 0 Å². The maximum Gasteiger partial charge on any atom is 0.226 e. The second-order valence-corrected chi connectivity index (χ2v) is 5.58. The molecule has 0 aliphatic heterocycles. The smallest absolute Gasteiger partial charge is 0.226 e. The van der Waals surface area contributed by atoms with Gasteiger partial charge in [-0.3, -0.25) is 9.59 Å². The fraction of sp³-hybridized carbons (Fsp3) is 0.615. The Morgan fingerprint density at radius 1 is 1.32 bits per heavy atom. The highest BCUT2D eigenvalue weighted by molar-refractivity contribution is 7.09. The number of hydrogen-bond acceptors (Lipinski definition) is 4. The van der Waals surface area contributed by atoms with E-state index in [9.17, 15) is 9.59 Å². The summed E-state index contributed by atoms with van der Waals surface area (Å²) in [6, 6.07) is 0. The standard InChI is InChI=1S/C13H21N3O2S/c1-9(2)13-16-11(8-19-13)7-12(18)15-6-4-5-14-10(3)17/h8-9H,4-7H2,1-3H3,(H,14,17)(H,15,18). The molecule has 6 heteroatoms. The van der Waals surface area contributed by atoms with Gasteiger partial charge < -0.3 is 10.6 Å². The fourth-order valence-corrected chi connectivity index (χ4v) is 2.31. The molecule has 0 bridgehead atoms. The first-order valence-electron chi connectivity index (χ1n) is 6.44. The zero-order valence-corrected chi connectivity index (χ0v) is 12.5. The molecule has 1 aromatic rings. The molecule has 0 atom stereocenters. The summed E-state index contributed by atoms with van der Waals surface area (Å²) in [4.78, 5) is 26.7. The minimum absolute atomic E-state index is 0.0246. The molecule has 0 aromatic carbocycles. The molecule has 0 radical (unpaired) electrons. The first kappa shape index (κ1) is 15.6. The van der Waals surface area contributed by atoms with Gasteiger partial charge in [0.1, 0.15) is 0 Å². The number of nitrogens with zero attached hydrogens (tertiary/aromatic N) is 1. The van der Waals surface area contributed by atoms with Gasteiger partial charge in [0.15, 0.2) is 0 Å². The van der Waals surface area contributed by atoms with E-state index in [2.05, 4.69) is 29.5 Å². The highest BCUT2D eigenvalue weighted by Gasteiger charge is 2.09. The minimum Gasteiger partial charge on any atom is -0.356 e. The van der Waals surface area contributed by atoms with Gasteiger partial charge in [0.25, 0.3) is 0 Å². The van der Waals surface area contributed by atoms with Crippen LogP contribution in [0.3, 0.4) is 0 Å². The third kappa shape index (κ3) is 6.33. The van der Waals surface area contributed by atoms with E-state index in [1.165, 1.54) is 6.92 Å². The SMILES string of the molecule is CC(=O)NCCCNC(=O)Cc1csc(C(C)C)n1. The summed E-state index contributed by atoms with van der Waals surface area (Å²) >= 11 is 1.60. The van der Waals surface area contributed by atoms with E-state index in [0.29, 0.717) is 25.4 Å². The summed E-state index contributed by atoms with van der Waals surface area (Å²) in [5, 5.41) is 8.50. The van der Waals surface area contributed by atoms with Crippen molar-refractivity contribution in [2.24, 2.45) is 0 Å². The highest BCUT2D eigenvalue weighted by atomic mass is 32.1. The van der Waals surface area contributed by atoms with Gasteiger partial charge in [-0.15, -0.1) is 11.3 Å². The van der Waals surface area contributed by atoms with Gasteiger partial charge >= 0.3 is 0 Å². The molecule has 0 unspecified atom stereocenters. The molecule has 1 rings (SSSR count). The predicted octanol–water partition coefficient (Wildman–Crippen LogP) is 1.45. The van der Waals surface area contributed by atoms with Crippen molar-refractivity contribution in [3.63, 3.8) is 0 Å². The van der Waals surface area contributed by atoms with E-state index in [1.54, 1.807) is 11.3 Å². The summed E-state index contributed by atoms with van der Waals surface area (Å²) in [6.07, 6.45) is 1.06. The summed E-state index contributed by atoms with van der Waals surface area (Å²) < 4.78 is 0. The summed E-state index contributed by atoms with van der Waals surface area (Å²) in [5.41, 5.74) is 0.827. The van der Waals surface area contributed by atoms with Crippen LogP contribution in [0.2, 0.25) is 0 Å². The van der Waals surface area contributed by atoms with Crippen LogP contribution in [0.25, 0.3) is 0 Å². The molecule has 1 aromatic heterocycles. The lowest BCUT2D eigenvalue weighted by Crippen LogP contribution is -2.29. The molecular weight excluding hydrogens is 262 g/mol. The van der Waals surface area contributed by atoms with Crippen LogP contribution in [0.15, 0.2) is 5.38 Å². The van der Waals surface area contributed by atoms with E-state index in [-0.39, 0.29) is 11.8 Å². The predicted molar refractivity (Wildman–Crippen MR) is 76.2 cm³/mol. The van der Waals surface area contributed by atoms with Gasteiger partial charge in [-0.05, 0) is 6.42 Å². The molecule has 106 valence electrons. The van der Waals surface area contributed by atoms with Crippen LogP contribution in [0.4, 0.5) is 0 Å². The van der Waals surface area contributed by atoms with Crippen LogP contribution in [-0.4, -0.2) is 29.9 Å². The Kier molecular flexibility index (Phi) is 6.49. The molecule has 0 aliphatic rings. The quantitative estimate of drug-likeness (QED) is 0.744. The van der Waals surface area contributed by atoms with Gasteiger partial charge in [-0.1, -0.05) is 13.8 Å². The van der Waals surface area contributed by atoms with E-state index in [1.807, 2.05) is 5.38 Å². The average Bonchev–Trinajstić information content (AvgIpc) is 2.76. The maximum atomic E-state index is 11.7. The number of hydrogen-bond donors (Lipinski definition) is 2. The van der Waals surface area contributed by atoms with Crippen LogP contribution >= 0.6 is 11.3 Å². The van der Waals surface area contributed by atoms with E-state index < -0.39 is 0 Å². The molecule has 2 amide bonds. The first-order valence-corrected chi connectivity index (χ1v) is 7.32. The molecular formula is C13H21N3O2S. The lowest BCUT2D eigenvalue weighted by Gasteiger charge is -2.04. The van der Waals surface area contributed by atoms with Crippen molar-refractivity contribution in [3.05, 3.63) is 16.1 Å². The van der Waals surface area contributed by atoms with Crippen LogP contribution in [0.5, 0.6) is 0 Å². The number of carbonyl (C=O) groups is 2. The summed E-state index contributed by atoms with van der Waals surface area (Å²) in [5.74, 6) is 0.331. The second-order valence-electron chi connectivity index (χ2n) is 4.70. The molecule has 1 heterocycles. The van der Waals surface area contributed by atoms with E-state index >= 15 is 0 Å². The first-order chi connectivity index (χ1) is 8.99. The van der Waals surface area contributed by atoms with Crippen LogP contribution in [0.1, 0.15) is 43.8 Å². The van der Waals surface area contributed by atoms with Crippen molar-refractivity contribution >= 4 is 23.2 Å². The largest absolute Gasteiger partial charge is 0.356 e. The number of nitrogens with one attached hydrogen (secondary N) is 2. The lowest BCUT2D eigenvalue weighted by molar-refractivity contribution is -0.120. The van der Waals surface area contributed by atoms with E-state index in [0.717, 1.165) is 17.1 Å². The highest BCUT2D eigenvalue weighted by Crippen LogP contribution is 2.19. The monoisotopic (exact) mass is 283 g/mol. The zero-order valence-electron chi connectivity index (χ0n) is 11.7. The van der Waals surface area contributed by atoms with Gasteiger partial charge in [0.05, 0.1) is 17.1 Å². The molecule has 0 spiro atoms. The number of amides is 2. The van der Waals surface area contributed by atoms with Crippen molar-refractivity contribution < 1.29 is 9.59 Å². The van der Waals surface area contributed by atoms with Crippen LogP contribution < -0.4 is 10.6 Å². The Hall–Kier alpha value is -1.43. The average molecular weight is 283 g/mol. The van der Waals surface area contributed by atoms with Crippen molar-refractivity contribution in [1.29, 1.82) is 0 Å². The Morgan fingerprint density at radius 2 is 2.00 bits per heavy atom. The molecule has 0 fully saturated rings. The molecule has 19 heavy (non-hydrogen) atoms. The van der Waals surface area contributed by atoms with E-state index in [4.69, 9.17) is 0 Å². The van der Waals surface area contributed by atoms with Gasteiger partial charge in [-0.25, -0.2) is 4.98 Å². The Balaban J connectivity index is 2.21. The number of aromatic nitrogens is 1. The maximum absolute atomic E-state index is 11.7. The fourth-order valence-electron chi connectivity index (χ4n) is 1.48. The number of rotatable bonds is 7. The third-order valence-electron chi connectivity index (χ3n) is 2.45. The van der Waals surface area contributed by atoms with Crippen molar-refractivity contribution in [2.75, 3.05) is 13.1 Å². The van der Waals surface area contributed by atoms with Crippen molar-refractivity contribution in [3.8, 4) is 0 Å². The molecule has 0 saturated heterocycles. The van der Waals surface area contributed by atoms with Gasteiger partial charge in [-0.2, -0.15) is 0 Å². The summed E-state index contributed by atoms with van der Waals surface area (Å²) in [7, 11) is 0. The van der Waals surface area contributed by atoms with Crippen LogP contribution in [-0.2, 0) is 16.0 Å². The topological polar surface area (TPSA) is 71.1 Å². The van der Waals surface area contributed by atoms with Crippen molar-refractivity contribution in [2.45, 2.75) is 39.5 Å². The molecule has 5 nitrogen and oxygen atoms in total. The Bertz CT molecular complexity index is 429. The lowest BCUT2D eigenvalue weighted by atomic mass is 10.2. The number of thiazole rings is 1. The van der Waals surface area contributed by atoms with Gasteiger partial charge in [0.2, 0.25) is 11.8 Å². The van der Waals surface area contributed by atoms with Gasteiger partial charge in [0, 0.05) is 31.3 Å². The zero-order chi connectivity index (χ0) is 14.3. The molecule has 2 N–H and O–H groups in total. The normalized spacial score (nSPS) is 10.5. The summed E-state index contributed by atoms with van der Waals surface area (Å²) in [6.45, 7) is 6.81. The minimum atomic E-state index is -0.0463. The Labute approximate surface area is 117 Å². The molecule has 0 saturated carbocycles. The second kappa shape index (κ2) is 7.89. The number of carbonyl (C=O) groups excluding carboxylic acids is 2.